The molecule has 0 saturated heterocycles. The molecule has 0 spiro atoms. The fourth-order valence-electron chi connectivity index (χ4n) is 1.73. The minimum absolute atomic E-state index is 0.257. The van der Waals surface area contributed by atoms with Gasteiger partial charge in [0.25, 0.3) is 5.91 Å². The van der Waals surface area contributed by atoms with Crippen LogP contribution in [0.2, 0.25) is 5.02 Å². The highest BCUT2D eigenvalue weighted by molar-refractivity contribution is 6.33. The number of nitrogens with one attached hydrogen (secondary N) is 2. The second-order valence-electron chi connectivity index (χ2n) is 4.19. The van der Waals surface area contributed by atoms with Gasteiger partial charge in [-0.1, -0.05) is 11.6 Å². The number of carbonyl (C=O) groups is 1. The Morgan fingerprint density at radius 2 is 1.90 bits per heavy atom. The third-order valence-corrected chi connectivity index (χ3v) is 3.03. The normalized spacial score (nSPS) is 10.2. The summed E-state index contributed by atoms with van der Waals surface area (Å²) in [5, 5.41) is 6.02. The van der Waals surface area contributed by atoms with Crippen molar-refractivity contribution >= 4 is 28.9 Å². The van der Waals surface area contributed by atoms with Crippen LogP contribution in [0.3, 0.4) is 0 Å². The first-order chi connectivity index (χ1) is 9.60. The van der Waals surface area contributed by atoms with E-state index in [4.69, 9.17) is 11.6 Å². The van der Waals surface area contributed by atoms with Crippen LogP contribution in [0.4, 0.5) is 15.8 Å². The van der Waals surface area contributed by atoms with E-state index in [9.17, 15) is 9.18 Å². The molecule has 3 nitrogen and oxygen atoms in total. The molecule has 2 aromatic carbocycles. The molecular formula is C15H14ClFN2O. The molecule has 0 heterocycles. The maximum Gasteiger partial charge on any atom is 0.255 e. The van der Waals surface area contributed by atoms with Crippen molar-refractivity contribution in [3.63, 3.8) is 0 Å². The van der Waals surface area contributed by atoms with E-state index in [2.05, 4.69) is 10.6 Å². The third-order valence-electron chi connectivity index (χ3n) is 2.70. The number of hydrogen-bond donors (Lipinski definition) is 2. The van der Waals surface area contributed by atoms with Crippen LogP contribution in [0.1, 0.15) is 17.3 Å². The maximum atomic E-state index is 13.1. The topological polar surface area (TPSA) is 41.1 Å². The van der Waals surface area contributed by atoms with Crippen molar-refractivity contribution in [1.82, 2.24) is 0 Å². The third kappa shape index (κ3) is 3.48. The van der Waals surface area contributed by atoms with Gasteiger partial charge in [0.2, 0.25) is 0 Å². The number of anilines is 2. The summed E-state index contributed by atoms with van der Waals surface area (Å²) in [6.45, 7) is 2.80. The van der Waals surface area contributed by atoms with Crippen LogP contribution in [0.25, 0.3) is 0 Å². The van der Waals surface area contributed by atoms with Gasteiger partial charge in [-0.2, -0.15) is 0 Å². The monoisotopic (exact) mass is 292 g/mol. The van der Waals surface area contributed by atoms with Crippen molar-refractivity contribution in [2.24, 2.45) is 0 Å². The molecular weight excluding hydrogens is 279 g/mol. The lowest BCUT2D eigenvalue weighted by Gasteiger charge is -2.08. The maximum absolute atomic E-state index is 13.1. The van der Waals surface area contributed by atoms with Crippen LogP contribution >= 0.6 is 11.6 Å². The summed E-state index contributed by atoms with van der Waals surface area (Å²) >= 11 is 5.90. The van der Waals surface area contributed by atoms with Crippen molar-refractivity contribution in [3.8, 4) is 0 Å². The van der Waals surface area contributed by atoms with Gasteiger partial charge in [-0.25, -0.2) is 4.39 Å². The standard InChI is InChI=1S/C15H14ClFN2O/c1-2-18-12-6-3-10(4-7-12)15(20)19-14-9-11(17)5-8-13(14)16/h3-9,18H,2H2,1H3,(H,19,20). The molecule has 5 heteroatoms. The lowest BCUT2D eigenvalue weighted by molar-refractivity contribution is 0.102. The van der Waals surface area contributed by atoms with Gasteiger partial charge < -0.3 is 10.6 Å². The first kappa shape index (κ1) is 14.3. The number of hydrogen-bond acceptors (Lipinski definition) is 2. The molecule has 2 aromatic rings. The Hall–Kier alpha value is -2.07. The smallest absolute Gasteiger partial charge is 0.255 e. The Kier molecular flexibility index (Phi) is 4.58. The average Bonchev–Trinajstić information content (AvgIpc) is 2.44. The minimum Gasteiger partial charge on any atom is -0.385 e. The van der Waals surface area contributed by atoms with Gasteiger partial charge in [-0.3, -0.25) is 4.79 Å². The molecule has 0 radical (unpaired) electrons. The first-order valence-electron chi connectivity index (χ1n) is 6.20. The minimum atomic E-state index is -0.452. The number of amides is 1. The lowest BCUT2D eigenvalue weighted by atomic mass is 10.2. The van der Waals surface area contributed by atoms with Crippen molar-refractivity contribution in [1.29, 1.82) is 0 Å². The van der Waals surface area contributed by atoms with Gasteiger partial charge in [0.15, 0.2) is 0 Å². The van der Waals surface area contributed by atoms with Crippen LogP contribution in [0, 0.1) is 5.82 Å². The molecule has 0 saturated carbocycles. The predicted octanol–water partition coefficient (Wildman–Crippen LogP) is 4.16. The quantitative estimate of drug-likeness (QED) is 0.888. The highest BCUT2D eigenvalue weighted by Gasteiger charge is 2.09. The Labute approximate surface area is 121 Å². The molecule has 0 bridgehead atoms. The Morgan fingerprint density at radius 1 is 1.20 bits per heavy atom. The van der Waals surface area contributed by atoms with E-state index >= 15 is 0 Å². The van der Waals surface area contributed by atoms with Crippen LogP contribution < -0.4 is 10.6 Å². The summed E-state index contributed by atoms with van der Waals surface area (Å²) in [6, 6.07) is 10.8. The molecule has 0 aliphatic carbocycles. The zero-order valence-electron chi connectivity index (χ0n) is 10.9. The van der Waals surface area contributed by atoms with E-state index in [0.717, 1.165) is 12.2 Å². The van der Waals surface area contributed by atoms with Crippen molar-refractivity contribution in [2.75, 3.05) is 17.2 Å². The lowest BCUT2D eigenvalue weighted by Crippen LogP contribution is -2.12. The van der Waals surface area contributed by atoms with E-state index in [0.29, 0.717) is 10.6 Å². The number of rotatable bonds is 4. The van der Waals surface area contributed by atoms with Crippen molar-refractivity contribution in [2.45, 2.75) is 6.92 Å². The predicted molar refractivity (Wildman–Crippen MR) is 80.0 cm³/mol. The Bertz CT molecular complexity index is 614. The molecule has 0 atom stereocenters. The zero-order valence-corrected chi connectivity index (χ0v) is 11.7. The number of carbonyl (C=O) groups excluding carboxylic acids is 1. The van der Waals surface area contributed by atoms with E-state index in [1.54, 1.807) is 12.1 Å². The largest absolute Gasteiger partial charge is 0.385 e. The van der Waals surface area contributed by atoms with Crippen LogP contribution in [0.5, 0.6) is 0 Å². The second kappa shape index (κ2) is 6.39. The Balaban J connectivity index is 2.13. The molecule has 104 valence electrons. The molecule has 2 rings (SSSR count). The van der Waals surface area contributed by atoms with Crippen molar-refractivity contribution in [3.05, 3.63) is 58.9 Å². The Morgan fingerprint density at radius 3 is 2.55 bits per heavy atom. The van der Waals surface area contributed by atoms with Gasteiger partial charge >= 0.3 is 0 Å². The van der Waals surface area contributed by atoms with Gasteiger partial charge in [0.05, 0.1) is 10.7 Å². The average molecular weight is 293 g/mol. The van der Waals surface area contributed by atoms with Crippen LogP contribution in [0.15, 0.2) is 42.5 Å². The van der Waals surface area contributed by atoms with Crippen LogP contribution in [-0.2, 0) is 0 Å². The van der Waals surface area contributed by atoms with E-state index in [1.165, 1.54) is 18.2 Å². The van der Waals surface area contributed by atoms with E-state index in [-0.39, 0.29) is 11.6 Å². The van der Waals surface area contributed by atoms with Crippen LogP contribution in [-0.4, -0.2) is 12.5 Å². The molecule has 20 heavy (non-hydrogen) atoms. The highest BCUT2D eigenvalue weighted by atomic mass is 35.5. The first-order valence-corrected chi connectivity index (χ1v) is 6.58. The van der Waals surface area contributed by atoms with E-state index in [1.807, 2.05) is 19.1 Å². The van der Waals surface area contributed by atoms with Gasteiger partial charge in [0.1, 0.15) is 5.82 Å². The zero-order chi connectivity index (χ0) is 14.5. The van der Waals surface area contributed by atoms with Gasteiger partial charge in [0, 0.05) is 17.8 Å². The summed E-state index contributed by atoms with van der Waals surface area (Å²) in [4.78, 5) is 12.0. The number of halogens is 2. The fourth-order valence-corrected chi connectivity index (χ4v) is 1.90. The molecule has 1 amide bonds. The van der Waals surface area contributed by atoms with Crippen molar-refractivity contribution < 1.29 is 9.18 Å². The van der Waals surface area contributed by atoms with Gasteiger partial charge in [-0.15, -0.1) is 0 Å². The molecule has 0 aromatic heterocycles. The highest BCUT2D eigenvalue weighted by Crippen LogP contribution is 2.23. The van der Waals surface area contributed by atoms with E-state index < -0.39 is 5.82 Å². The summed E-state index contributed by atoms with van der Waals surface area (Å²) in [5.41, 5.74) is 1.67. The summed E-state index contributed by atoms with van der Waals surface area (Å²) in [5.74, 6) is -0.784. The molecule has 0 aliphatic heterocycles. The summed E-state index contributed by atoms with van der Waals surface area (Å²) in [7, 11) is 0. The summed E-state index contributed by atoms with van der Waals surface area (Å²) in [6.07, 6.45) is 0. The van der Waals surface area contributed by atoms with Gasteiger partial charge in [-0.05, 0) is 49.4 Å². The molecule has 0 unspecified atom stereocenters. The fraction of sp³-hybridized carbons (Fsp3) is 0.133. The summed E-state index contributed by atoms with van der Waals surface area (Å²) < 4.78 is 13.1. The number of benzene rings is 2. The molecule has 0 aliphatic rings. The SMILES string of the molecule is CCNc1ccc(C(=O)Nc2cc(F)ccc2Cl)cc1. The molecule has 0 fully saturated rings. The second-order valence-corrected chi connectivity index (χ2v) is 4.59. The molecule has 2 N–H and O–H groups in total.